The summed E-state index contributed by atoms with van der Waals surface area (Å²) >= 11 is 3.46. The van der Waals surface area contributed by atoms with Gasteiger partial charge in [-0.1, -0.05) is 15.9 Å². The molecule has 0 spiro atoms. The molecule has 1 aliphatic rings. The number of aryl methyl sites for hydroxylation is 1. The number of nitrogens with one attached hydrogen (secondary N) is 1. The van der Waals surface area contributed by atoms with Crippen molar-refractivity contribution >= 4 is 33.3 Å². The standard InChI is InChI=1S/C17H18BrN5O2/c1-10-7-11(3-4-13(10)18)21-17-12(16(19)24)8-23(22-17)15-9-25-6-5-14(15)20-2/h3-4,7-8,14-15H,5-6,9H2,1H3,(H2,19,24)(H,21,22)/t14-,15?/m0/s1. The lowest BCUT2D eigenvalue weighted by Gasteiger charge is -2.23. The number of nitrogens with two attached hydrogens (primary N) is 1. The summed E-state index contributed by atoms with van der Waals surface area (Å²) in [6.45, 7) is 10.3. The van der Waals surface area contributed by atoms with Crippen LogP contribution in [-0.2, 0) is 4.74 Å². The van der Waals surface area contributed by atoms with Crippen LogP contribution in [0, 0.1) is 13.5 Å². The molecule has 25 heavy (non-hydrogen) atoms. The van der Waals surface area contributed by atoms with E-state index >= 15 is 0 Å². The quantitative estimate of drug-likeness (QED) is 0.767. The molecule has 0 aliphatic carbocycles. The van der Waals surface area contributed by atoms with Gasteiger partial charge < -0.3 is 20.6 Å². The number of anilines is 2. The van der Waals surface area contributed by atoms with Gasteiger partial charge in [0.2, 0.25) is 6.04 Å². The van der Waals surface area contributed by atoms with Crippen molar-refractivity contribution in [1.82, 2.24) is 9.78 Å². The molecule has 2 atom stereocenters. The number of hydrogen-bond donors (Lipinski definition) is 2. The van der Waals surface area contributed by atoms with E-state index in [0.29, 0.717) is 25.5 Å². The molecule has 7 nitrogen and oxygen atoms in total. The minimum atomic E-state index is -0.571. The SMILES string of the molecule is [C-]#[N+][C@H]1CCOCC1n1cc(C(N)=O)c(Nc2ccc(Br)c(C)c2)n1. The third-order valence-electron chi connectivity index (χ3n) is 4.21. The zero-order chi connectivity index (χ0) is 18.0. The number of carbonyl (C=O) groups excluding carboxylic acids is 1. The number of rotatable bonds is 4. The molecular formula is C17H18BrN5O2. The first kappa shape index (κ1) is 17.5. The molecule has 1 unspecified atom stereocenters. The smallest absolute Gasteiger partial charge is 0.254 e. The van der Waals surface area contributed by atoms with Gasteiger partial charge in [0.1, 0.15) is 11.6 Å². The highest BCUT2D eigenvalue weighted by Crippen LogP contribution is 2.28. The van der Waals surface area contributed by atoms with Gasteiger partial charge in [-0.25, -0.2) is 6.57 Å². The summed E-state index contributed by atoms with van der Waals surface area (Å²) in [7, 11) is 0. The summed E-state index contributed by atoms with van der Waals surface area (Å²) in [4.78, 5) is 15.5. The molecule has 0 saturated carbocycles. The van der Waals surface area contributed by atoms with E-state index < -0.39 is 5.91 Å². The Bertz CT molecular complexity index is 842. The molecule has 0 radical (unpaired) electrons. The second-order valence-electron chi connectivity index (χ2n) is 5.95. The molecule has 1 saturated heterocycles. The van der Waals surface area contributed by atoms with Crippen molar-refractivity contribution in [3.8, 4) is 0 Å². The zero-order valence-corrected chi connectivity index (χ0v) is 15.3. The Kier molecular flexibility index (Phi) is 5.06. The van der Waals surface area contributed by atoms with Crippen molar-refractivity contribution in [1.29, 1.82) is 0 Å². The van der Waals surface area contributed by atoms with E-state index in [1.807, 2.05) is 25.1 Å². The zero-order valence-electron chi connectivity index (χ0n) is 13.7. The number of halogens is 1. The first-order valence-corrected chi connectivity index (χ1v) is 8.65. The van der Waals surface area contributed by atoms with Crippen LogP contribution in [-0.4, -0.2) is 34.9 Å². The van der Waals surface area contributed by atoms with E-state index in [-0.39, 0.29) is 17.6 Å². The lowest BCUT2D eigenvalue weighted by atomic mass is 10.1. The van der Waals surface area contributed by atoms with Gasteiger partial charge in [0.15, 0.2) is 5.82 Å². The van der Waals surface area contributed by atoms with Crippen molar-refractivity contribution in [2.75, 3.05) is 18.5 Å². The van der Waals surface area contributed by atoms with Gasteiger partial charge in [-0.3, -0.25) is 9.48 Å². The highest BCUT2D eigenvalue weighted by molar-refractivity contribution is 9.10. The fourth-order valence-corrected chi connectivity index (χ4v) is 3.05. The first-order valence-electron chi connectivity index (χ1n) is 7.86. The molecular weight excluding hydrogens is 386 g/mol. The monoisotopic (exact) mass is 403 g/mol. The Labute approximate surface area is 154 Å². The van der Waals surface area contributed by atoms with Crippen LogP contribution in [0.15, 0.2) is 28.9 Å². The number of hydrogen-bond acceptors (Lipinski definition) is 4. The Balaban J connectivity index is 1.93. The summed E-state index contributed by atoms with van der Waals surface area (Å²) in [6, 6.07) is 5.29. The van der Waals surface area contributed by atoms with Gasteiger partial charge in [0.05, 0.1) is 13.2 Å². The summed E-state index contributed by atoms with van der Waals surface area (Å²) in [5, 5.41) is 7.61. The highest BCUT2D eigenvalue weighted by Gasteiger charge is 2.33. The van der Waals surface area contributed by atoms with Crippen LogP contribution < -0.4 is 11.1 Å². The lowest BCUT2D eigenvalue weighted by molar-refractivity contribution is 0.0506. The topological polar surface area (TPSA) is 86.5 Å². The predicted molar refractivity (Wildman–Crippen MR) is 97.8 cm³/mol. The summed E-state index contributed by atoms with van der Waals surface area (Å²) in [5.74, 6) is -0.192. The van der Waals surface area contributed by atoms with Gasteiger partial charge in [0, 0.05) is 22.8 Å². The predicted octanol–water partition coefficient (Wildman–Crippen LogP) is 3.05. The number of primary amides is 1. The molecule has 1 aliphatic heterocycles. The van der Waals surface area contributed by atoms with E-state index in [9.17, 15) is 4.79 Å². The van der Waals surface area contributed by atoms with E-state index in [1.165, 1.54) is 0 Å². The molecule has 1 amide bonds. The van der Waals surface area contributed by atoms with Crippen LogP contribution >= 0.6 is 15.9 Å². The van der Waals surface area contributed by atoms with Crippen molar-refractivity contribution in [3.05, 3.63) is 51.4 Å². The molecule has 0 bridgehead atoms. The van der Waals surface area contributed by atoms with Crippen molar-refractivity contribution < 1.29 is 9.53 Å². The maximum Gasteiger partial charge on any atom is 0.254 e. The number of carbonyl (C=O) groups is 1. The molecule has 3 rings (SSSR count). The van der Waals surface area contributed by atoms with Gasteiger partial charge >= 0.3 is 0 Å². The highest BCUT2D eigenvalue weighted by atomic mass is 79.9. The second-order valence-corrected chi connectivity index (χ2v) is 6.81. The Hall–Kier alpha value is -2.37. The number of amides is 1. The Morgan fingerprint density at radius 1 is 1.56 bits per heavy atom. The number of benzene rings is 1. The van der Waals surface area contributed by atoms with Crippen LogP contribution in [0.5, 0.6) is 0 Å². The Morgan fingerprint density at radius 2 is 2.36 bits per heavy atom. The maximum atomic E-state index is 11.8. The minimum Gasteiger partial charge on any atom is -0.379 e. The average molecular weight is 404 g/mol. The van der Waals surface area contributed by atoms with Gasteiger partial charge in [-0.2, -0.15) is 5.10 Å². The van der Waals surface area contributed by atoms with Crippen LogP contribution in [0.3, 0.4) is 0 Å². The first-order chi connectivity index (χ1) is 12.0. The minimum absolute atomic E-state index is 0.225. The van der Waals surface area contributed by atoms with Crippen LogP contribution in [0.25, 0.3) is 4.85 Å². The Morgan fingerprint density at radius 3 is 3.04 bits per heavy atom. The molecule has 1 aromatic heterocycles. The summed E-state index contributed by atoms with van der Waals surface area (Å²) in [5.41, 5.74) is 7.64. The van der Waals surface area contributed by atoms with Crippen molar-refractivity contribution in [2.24, 2.45) is 5.73 Å². The maximum absolute atomic E-state index is 11.8. The third kappa shape index (κ3) is 3.67. The summed E-state index contributed by atoms with van der Waals surface area (Å²) in [6.07, 6.45) is 2.24. The fraction of sp³-hybridized carbons (Fsp3) is 0.353. The van der Waals surface area contributed by atoms with Crippen LogP contribution in [0.2, 0.25) is 0 Å². The van der Waals surface area contributed by atoms with E-state index in [1.54, 1.807) is 10.9 Å². The van der Waals surface area contributed by atoms with E-state index in [2.05, 4.69) is 31.2 Å². The fourth-order valence-electron chi connectivity index (χ4n) is 2.81. The van der Waals surface area contributed by atoms with E-state index in [4.69, 9.17) is 17.0 Å². The molecule has 2 heterocycles. The van der Waals surface area contributed by atoms with E-state index in [0.717, 1.165) is 15.7 Å². The molecule has 1 fully saturated rings. The second kappa shape index (κ2) is 7.25. The third-order valence-corrected chi connectivity index (χ3v) is 5.10. The molecule has 2 aromatic rings. The molecule has 1 aromatic carbocycles. The number of nitrogens with zero attached hydrogens (tertiary/aromatic N) is 3. The van der Waals surface area contributed by atoms with Gasteiger partial charge in [-0.15, -0.1) is 0 Å². The molecule has 8 heteroatoms. The van der Waals surface area contributed by atoms with Gasteiger partial charge in [0.25, 0.3) is 5.91 Å². The van der Waals surface area contributed by atoms with Crippen LogP contribution in [0.1, 0.15) is 28.4 Å². The summed E-state index contributed by atoms with van der Waals surface area (Å²) < 4.78 is 8.10. The number of ether oxygens (including phenoxy) is 1. The number of aromatic nitrogens is 2. The van der Waals surface area contributed by atoms with Crippen LogP contribution in [0.4, 0.5) is 11.5 Å². The molecule has 3 N–H and O–H groups in total. The van der Waals surface area contributed by atoms with Gasteiger partial charge in [-0.05, 0) is 30.7 Å². The van der Waals surface area contributed by atoms with Crippen molar-refractivity contribution in [3.63, 3.8) is 0 Å². The van der Waals surface area contributed by atoms with Crippen molar-refractivity contribution in [2.45, 2.75) is 25.4 Å². The lowest BCUT2D eigenvalue weighted by Crippen LogP contribution is -2.32. The average Bonchev–Trinajstić information content (AvgIpc) is 3.02. The normalized spacial score (nSPS) is 20.0. The largest absolute Gasteiger partial charge is 0.379 e. The molecule has 130 valence electrons.